The highest BCUT2D eigenvalue weighted by Crippen LogP contribution is 2.28. The smallest absolute Gasteiger partial charge is 0.296 e. The number of aromatic nitrogens is 1. The fourth-order valence-electron chi connectivity index (χ4n) is 1.33. The summed E-state index contributed by atoms with van der Waals surface area (Å²) in [5, 5.41) is 22.9. The molecule has 6 nitrogen and oxygen atoms in total. The van der Waals surface area contributed by atoms with Gasteiger partial charge >= 0.3 is 0 Å². The van der Waals surface area contributed by atoms with Crippen molar-refractivity contribution in [2.45, 2.75) is 6.54 Å². The number of anilines is 1. The lowest BCUT2D eigenvalue weighted by Crippen LogP contribution is -2.01. The first-order valence-electron chi connectivity index (χ1n) is 4.75. The molecule has 1 aromatic heterocycles. The van der Waals surface area contributed by atoms with Gasteiger partial charge in [-0.1, -0.05) is 0 Å². The molecular weight excluding hydrogens is 242 g/mol. The quantitative estimate of drug-likeness (QED) is 0.494. The van der Waals surface area contributed by atoms with E-state index in [2.05, 4.69) is 10.3 Å². The van der Waals surface area contributed by atoms with Crippen LogP contribution in [0.2, 0.25) is 0 Å². The third kappa shape index (κ3) is 2.70. The molecule has 0 spiro atoms. The Labute approximate surface area is 101 Å². The van der Waals surface area contributed by atoms with Crippen molar-refractivity contribution in [3.8, 4) is 5.75 Å². The molecule has 2 aromatic rings. The molecule has 88 valence electrons. The van der Waals surface area contributed by atoms with Gasteiger partial charge in [0, 0.05) is 11.1 Å². The molecular formula is C10H9N3O3S. The van der Waals surface area contributed by atoms with E-state index in [1.54, 1.807) is 11.7 Å². The normalized spacial score (nSPS) is 10.1. The number of nitro benzene ring substituents is 1. The number of hydrogen-bond donors (Lipinski definition) is 2. The molecule has 1 aromatic carbocycles. The zero-order valence-corrected chi connectivity index (χ0v) is 9.48. The van der Waals surface area contributed by atoms with Gasteiger partial charge in [-0.05, 0) is 12.1 Å². The molecule has 0 aliphatic rings. The van der Waals surface area contributed by atoms with Crippen molar-refractivity contribution in [3.05, 3.63) is 44.9 Å². The predicted molar refractivity (Wildman–Crippen MR) is 64.2 cm³/mol. The van der Waals surface area contributed by atoms with E-state index < -0.39 is 4.92 Å². The summed E-state index contributed by atoms with van der Waals surface area (Å²) in [5.41, 5.74) is 1.93. The van der Waals surface area contributed by atoms with Crippen LogP contribution in [-0.2, 0) is 6.54 Å². The van der Waals surface area contributed by atoms with Crippen LogP contribution < -0.4 is 5.32 Å². The molecule has 0 aliphatic heterocycles. The van der Waals surface area contributed by atoms with Gasteiger partial charge in [0.1, 0.15) is 11.4 Å². The average Bonchev–Trinajstić information content (AvgIpc) is 2.80. The summed E-state index contributed by atoms with van der Waals surface area (Å²) in [7, 11) is 0. The van der Waals surface area contributed by atoms with Crippen LogP contribution in [0.3, 0.4) is 0 Å². The molecule has 17 heavy (non-hydrogen) atoms. The molecule has 7 heteroatoms. The number of hydrogen-bond acceptors (Lipinski definition) is 6. The highest BCUT2D eigenvalue weighted by Gasteiger charge is 2.14. The van der Waals surface area contributed by atoms with Crippen LogP contribution in [0.25, 0.3) is 0 Å². The predicted octanol–water partition coefficient (Wildman–Crippen LogP) is 2.37. The Morgan fingerprint density at radius 1 is 1.53 bits per heavy atom. The van der Waals surface area contributed by atoms with Crippen LogP contribution in [0, 0.1) is 10.1 Å². The van der Waals surface area contributed by atoms with E-state index in [9.17, 15) is 15.2 Å². The van der Waals surface area contributed by atoms with E-state index in [4.69, 9.17) is 0 Å². The lowest BCUT2D eigenvalue weighted by molar-refractivity contribution is -0.384. The van der Waals surface area contributed by atoms with Gasteiger partial charge in [-0.15, -0.1) is 11.3 Å². The van der Waals surface area contributed by atoms with E-state index in [1.807, 2.05) is 0 Å². The number of nitrogens with one attached hydrogen (secondary N) is 1. The van der Waals surface area contributed by atoms with E-state index in [1.165, 1.54) is 23.5 Å². The summed E-state index contributed by atoms with van der Waals surface area (Å²) in [6.07, 6.45) is 1.70. The van der Waals surface area contributed by atoms with Crippen molar-refractivity contribution in [2.24, 2.45) is 0 Å². The highest BCUT2D eigenvalue weighted by molar-refractivity contribution is 7.09. The van der Waals surface area contributed by atoms with Gasteiger partial charge < -0.3 is 10.4 Å². The largest absolute Gasteiger partial charge is 0.508 e. The summed E-state index contributed by atoms with van der Waals surface area (Å²) in [6.45, 7) is 0.469. The van der Waals surface area contributed by atoms with Gasteiger partial charge in [-0.2, -0.15) is 0 Å². The molecule has 0 bridgehead atoms. The molecule has 2 N–H and O–H groups in total. The Bertz CT molecular complexity index is 528. The van der Waals surface area contributed by atoms with E-state index in [0.29, 0.717) is 12.2 Å². The Morgan fingerprint density at radius 3 is 3.00 bits per heavy atom. The SMILES string of the molecule is O=[N+]([O-])c1cc(O)ccc1NCc1cncs1. The highest BCUT2D eigenvalue weighted by atomic mass is 32.1. The summed E-state index contributed by atoms with van der Waals surface area (Å²) >= 11 is 1.47. The number of nitrogens with zero attached hydrogens (tertiary/aromatic N) is 2. The number of nitro groups is 1. The molecule has 0 aliphatic carbocycles. The van der Waals surface area contributed by atoms with E-state index in [-0.39, 0.29) is 11.4 Å². The van der Waals surface area contributed by atoms with Gasteiger partial charge in [0.25, 0.3) is 5.69 Å². The Balaban J connectivity index is 2.17. The standard InChI is InChI=1S/C10H9N3O3S/c14-7-1-2-9(10(3-7)13(15)16)12-5-8-4-11-6-17-8/h1-4,6,12,14H,5H2. The lowest BCUT2D eigenvalue weighted by Gasteiger charge is -2.05. The van der Waals surface area contributed by atoms with Gasteiger partial charge in [0.2, 0.25) is 0 Å². The summed E-state index contributed by atoms with van der Waals surface area (Å²) in [5.74, 6) is -0.125. The Kier molecular flexibility index (Phi) is 3.20. The summed E-state index contributed by atoms with van der Waals surface area (Å²) < 4.78 is 0. The van der Waals surface area contributed by atoms with Crippen LogP contribution in [0.1, 0.15) is 4.88 Å². The minimum absolute atomic E-state index is 0.125. The Morgan fingerprint density at radius 2 is 2.35 bits per heavy atom. The molecule has 0 atom stereocenters. The first-order chi connectivity index (χ1) is 8.16. The fourth-order valence-corrected chi connectivity index (χ4v) is 1.87. The fraction of sp³-hybridized carbons (Fsp3) is 0.100. The topological polar surface area (TPSA) is 88.3 Å². The average molecular weight is 251 g/mol. The molecule has 2 rings (SSSR count). The number of phenols is 1. The third-order valence-electron chi connectivity index (χ3n) is 2.11. The molecule has 0 unspecified atom stereocenters. The van der Waals surface area contributed by atoms with Crippen molar-refractivity contribution in [2.75, 3.05) is 5.32 Å². The number of benzene rings is 1. The maximum absolute atomic E-state index is 10.8. The Hall–Kier alpha value is -2.15. The molecule has 0 saturated carbocycles. The molecule has 0 amide bonds. The molecule has 0 radical (unpaired) electrons. The van der Waals surface area contributed by atoms with Crippen molar-refractivity contribution < 1.29 is 10.0 Å². The minimum atomic E-state index is -0.533. The maximum Gasteiger partial charge on any atom is 0.296 e. The van der Waals surface area contributed by atoms with Crippen molar-refractivity contribution >= 4 is 22.7 Å². The molecule has 0 fully saturated rings. The molecule has 1 heterocycles. The monoisotopic (exact) mass is 251 g/mol. The van der Waals surface area contributed by atoms with Crippen molar-refractivity contribution in [3.63, 3.8) is 0 Å². The number of aromatic hydroxyl groups is 1. The number of thiazole rings is 1. The van der Waals surface area contributed by atoms with Gasteiger partial charge in [-0.3, -0.25) is 15.1 Å². The first-order valence-corrected chi connectivity index (χ1v) is 5.63. The van der Waals surface area contributed by atoms with Crippen LogP contribution in [0.5, 0.6) is 5.75 Å². The van der Waals surface area contributed by atoms with E-state index in [0.717, 1.165) is 10.9 Å². The van der Waals surface area contributed by atoms with Gasteiger partial charge in [0.15, 0.2) is 0 Å². The van der Waals surface area contributed by atoms with Crippen LogP contribution in [0.15, 0.2) is 29.9 Å². The molecule has 0 saturated heterocycles. The van der Waals surface area contributed by atoms with Crippen LogP contribution >= 0.6 is 11.3 Å². The van der Waals surface area contributed by atoms with Crippen LogP contribution in [-0.4, -0.2) is 15.0 Å². The van der Waals surface area contributed by atoms with Crippen molar-refractivity contribution in [1.29, 1.82) is 0 Å². The summed E-state index contributed by atoms with van der Waals surface area (Å²) in [6, 6.07) is 4.01. The first kappa shape index (κ1) is 11.3. The van der Waals surface area contributed by atoms with E-state index >= 15 is 0 Å². The van der Waals surface area contributed by atoms with Gasteiger partial charge in [0.05, 0.1) is 23.0 Å². The maximum atomic E-state index is 10.8. The van der Waals surface area contributed by atoms with Crippen LogP contribution in [0.4, 0.5) is 11.4 Å². The minimum Gasteiger partial charge on any atom is -0.508 e. The second kappa shape index (κ2) is 4.79. The number of phenolic OH excluding ortho intramolecular Hbond substituents is 1. The zero-order chi connectivity index (χ0) is 12.3. The zero-order valence-electron chi connectivity index (χ0n) is 8.66. The lowest BCUT2D eigenvalue weighted by atomic mass is 10.2. The third-order valence-corrected chi connectivity index (χ3v) is 2.89. The summed E-state index contributed by atoms with van der Waals surface area (Å²) in [4.78, 5) is 15.1. The number of rotatable bonds is 4. The van der Waals surface area contributed by atoms with Gasteiger partial charge in [-0.25, -0.2) is 0 Å². The second-order valence-corrected chi connectivity index (χ2v) is 4.25. The van der Waals surface area contributed by atoms with Crippen molar-refractivity contribution in [1.82, 2.24) is 4.98 Å². The second-order valence-electron chi connectivity index (χ2n) is 3.28.